The maximum Gasteiger partial charge on any atom is 0.325 e. The highest BCUT2D eigenvalue weighted by molar-refractivity contribution is 6.30. The van der Waals surface area contributed by atoms with Crippen molar-refractivity contribution >= 4 is 29.4 Å². The summed E-state index contributed by atoms with van der Waals surface area (Å²) in [5, 5.41) is 11.8. The number of rotatable bonds is 4. The largest absolute Gasteiger partial charge is 0.480 e. The molecule has 0 spiro atoms. The second-order valence-electron chi connectivity index (χ2n) is 5.38. The number of nitrogens with zero attached hydrogens (tertiary/aromatic N) is 1. The van der Waals surface area contributed by atoms with E-state index in [4.69, 9.17) is 16.7 Å². The molecular weight excluding hydrogens is 308 g/mol. The van der Waals surface area contributed by atoms with Crippen LogP contribution in [0.5, 0.6) is 0 Å². The van der Waals surface area contributed by atoms with Crippen LogP contribution in [0.25, 0.3) is 0 Å². The number of carbonyl (C=O) groups is 3. The van der Waals surface area contributed by atoms with Crippen molar-refractivity contribution in [3.63, 3.8) is 0 Å². The Morgan fingerprint density at radius 2 is 2.14 bits per heavy atom. The van der Waals surface area contributed by atoms with Crippen LogP contribution in [0.2, 0.25) is 5.02 Å². The molecule has 1 fully saturated rings. The molecule has 1 aromatic carbocycles. The van der Waals surface area contributed by atoms with E-state index in [-0.39, 0.29) is 12.3 Å². The van der Waals surface area contributed by atoms with Crippen molar-refractivity contribution in [2.45, 2.75) is 25.4 Å². The second-order valence-corrected chi connectivity index (χ2v) is 5.82. The van der Waals surface area contributed by atoms with Gasteiger partial charge in [-0.05, 0) is 24.6 Å². The zero-order valence-corrected chi connectivity index (χ0v) is 13.0. The zero-order valence-electron chi connectivity index (χ0n) is 12.2. The van der Waals surface area contributed by atoms with Gasteiger partial charge < -0.3 is 15.3 Å². The van der Waals surface area contributed by atoms with Gasteiger partial charge in [0.05, 0.1) is 12.0 Å². The number of aliphatic carboxylic acids is 1. The fourth-order valence-corrected chi connectivity index (χ4v) is 2.83. The molecule has 0 bridgehead atoms. The van der Waals surface area contributed by atoms with Gasteiger partial charge in [0.2, 0.25) is 11.8 Å². The molecule has 2 N–H and O–H groups in total. The molecule has 22 heavy (non-hydrogen) atoms. The average molecular weight is 325 g/mol. The van der Waals surface area contributed by atoms with E-state index in [1.165, 1.54) is 11.8 Å². The van der Waals surface area contributed by atoms with E-state index in [9.17, 15) is 14.4 Å². The molecule has 3 unspecified atom stereocenters. The first-order valence-electron chi connectivity index (χ1n) is 6.85. The van der Waals surface area contributed by atoms with Crippen LogP contribution in [0.15, 0.2) is 24.3 Å². The summed E-state index contributed by atoms with van der Waals surface area (Å²) in [6, 6.07) is 5.52. The molecule has 1 heterocycles. The molecule has 1 aliphatic heterocycles. The molecule has 0 aromatic heterocycles. The van der Waals surface area contributed by atoms with Crippen molar-refractivity contribution in [3.8, 4) is 0 Å². The number of amides is 2. The Hall–Kier alpha value is -2.08. The van der Waals surface area contributed by atoms with Gasteiger partial charge in [-0.2, -0.15) is 0 Å². The van der Waals surface area contributed by atoms with E-state index in [1.54, 1.807) is 31.3 Å². The third kappa shape index (κ3) is 3.22. The van der Waals surface area contributed by atoms with E-state index < -0.39 is 29.9 Å². The van der Waals surface area contributed by atoms with Crippen LogP contribution in [0.3, 0.4) is 0 Å². The van der Waals surface area contributed by atoms with Crippen LogP contribution in [0.4, 0.5) is 0 Å². The zero-order chi connectivity index (χ0) is 16.4. The molecule has 0 radical (unpaired) electrons. The predicted molar refractivity (Wildman–Crippen MR) is 80.3 cm³/mol. The van der Waals surface area contributed by atoms with Gasteiger partial charge in [-0.3, -0.25) is 14.4 Å². The van der Waals surface area contributed by atoms with Crippen molar-refractivity contribution in [1.29, 1.82) is 0 Å². The molecule has 3 atom stereocenters. The molecular formula is C15H17ClN2O4. The predicted octanol–water partition coefficient (Wildman–Crippen LogP) is 1.45. The lowest BCUT2D eigenvalue weighted by Crippen LogP contribution is -2.43. The van der Waals surface area contributed by atoms with Gasteiger partial charge in [-0.25, -0.2) is 0 Å². The number of likely N-dealkylation sites (tertiary alicyclic amines) is 1. The highest BCUT2D eigenvalue weighted by atomic mass is 35.5. The molecule has 6 nitrogen and oxygen atoms in total. The Kier molecular flexibility index (Phi) is 4.71. The fraction of sp³-hybridized carbons (Fsp3) is 0.400. The lowest BCUT2D eigenvalue weighted by Gasteiger charge is -2.25. The standard InChI is InChI=1S/C15H17ClN2O4/c1-8(15(21)22)17-14(20)11-7-12(19)18(2)13(11)9-4-3-5-10(16)6-9/h3-6,8,11,13H,7H2,1-2H3,(H,17,20)(H,21,22). The van der Waals surface area contributed by atoms with E-state index in [0.29, 0.717) is 5.02 Å². The van der Waals surface area contributed by atoms with Gasteiger partial charge in [0.15, 0.2) is 0 Å². The molecule has 0 aliphatic carbocycles. The number of hydrogen-bond donors (Lipinski definition) is 2. The Bertz CT molecular complexity index is 619. The monoisotopic (exact) mass is 324 g/mol. The summed E-state index contributed by atoms with van der Waals surface area (Å²) in [7, 11) is 1.63. The maximum atomic E-state index is 12.3. The third-order valence-electron chi connectivity index (χ3n) is 3.84. The Morgan fingerprint density at radius 1 is 1.45 bits per heavy atom. The van der Waals surface area contributed by atoms with Gasteiger partial charge in [0.1, 0.15) is 6.04 Å². The van der Waals surface area contributed by atoms with E-state index >= 15 is 0 Å². The number of benzene rings is 1. The van der Waals surface area contributed by atoms with Crippen LogP contribution in [-0.2, 0) is 14.4 Å². The maximum absolute atomic E-state index is 12.3. The Labute approximate surface area is 133 Å². The van der Waals surface area contributed by atoms with Crippen molar-refractivity contribution in [1.82, 2.24) is 10.2 Å². The Morgan fingerprint density at radius 3 is 2.73 bits per heavy atom. The van der Waals surface area contributed by atoms with Crippen LogP contribution < -0.4 is 5.32 Å². The van der Waals surface area contributed by atoms with E-state index in [2.05, 4.69) is 5.32 Å². The fourth-order valence-electron chi connectivity index (χ4n) is 2.63. The normalized spacial score (nSPS) is 22.5. The summed E-state index contributed by atoms with van der Waals surface area (Å²) < 4.78 is 0. The summed E-state index contributed by atoms with van der Waals surface area (Å²) in [5.74, 6) is -2.37. The topological polar surface area (TPSA) is 86.7 Å². The van der Waals surface area contributed by atoms with Gasteiger partial charge in [-0.1, -0.05) is 23.7 Å². The van der Waals surface area contributed by atoms with Gasteiger partial charge in [-0.15, -0.1) is 0 Å². The summed E-state index contributed by atoms with van der Waals surface area (Å²) in [6.07, 6.45) is 0.0475. The molecule has 1 aromatic rings. The number of carboxylic acids is 1. The van der Waals surface area contributed by atoms with Crippen LogP contribution in [-0.4, -0.2) is 40.9 Å². The van der Waals surface area contributed by atoms with Crippen LogP contribution >= 0.6 is 11.6 Å². The molecule has 1 aliphatic rings. The molecule has 118 valence electrons. The first-order valence-corrected chi connectivity index (χ1v) is 7.23. The molecule has 0 saturated carbocycles. The number of carboxylic acid groups (broad SMARTS) is 1. The minimum absolute atomic E-state index is 0.0475. The number of nitrogens with one attached hydrogen (secondary N) is 1. The lowest BCUT2D eigenvalue weighted by atomic mass is 9.92. The summed E-state index contributed by atoms with van der Waals surface area (Å²) >= 11 is 5.98. The van der Waals surface area contributed by atoms with Crippen molar-refractivity contribution in [2.75, 3.05) is 7.05 Å². The minimum atomic E-state index is -1.12. The summed E-state index contributed by atoms with van der Waals surface area (Å²) in [5.41, 5.74) is 0.754. The number of hydrogen-bond acceptors (Lipinski definition) is 3. The first kappa shape index (κ1) is 16.3. The molecule has 2 rings (SSSR count). The minimum Gasteiger partial charge on any atom is -0.480 e. The Balaban J connectivity index is 2.27. The third-order valence-corrected chi connectivity index (χ3v) is 4.08. The first-order chi connectivity index (χ1) is 10.3. The summed E-state index contributed by atoms with van der Waals surface area (Å²) in [4.78, 5) is 36.7. The smallest absolute Gasteiger partial charge is 0.325 e. The van der Waals surface area contributed by atoms with Gasteiger partial charge >= 0.3 is 5.97 Å². The van der Waals surface area contributed by atoms with Gasteiger partial charge in [0.25, 0.3) is 0 Å². The van der Waals surface area contributed by atoms with Crippen LogP contribution in [0.1, 0.15) is 24.9 Å². The highest BCUT2D eigenvalue weighted by Gasteiger charge is 2.43. The van der Waals surface area contributed by atoms with Crippen molar-refractivity contribution < 1.29 is 19.5 Å². The molecule has 2 amide bonds. The second kappa shape index (κ2) is 6.36. The molecule has 1 saturated heterocycles. The van der Waals surface area contributed by atoms with Crippen LogP contribution in [0, 0.1) is 5.92 Å². The quantitative estimate of drug-likeness (QED) is 0.877. The lowest BCUT2D eigenvalue weighted by molar-refractivity contribution is -0.142. The average Bonchev–Trinajstić information content (AvgIpc) is 2.75. The number of halogens is 1. The summed E-state index contributed by atoms with van der Waals surface area (Å²) in [6.45, 7) is 1.38. The SMILES string of the molecule is CC(NC(=O)C1CC(=O)N(C)C1c1cccc(Cl)c1)C(=O)O. The van der Waals surface area contributed by atoms with E-state index in [0.717, 1.165) is 5.56 Å². The highest BCUT2D eigenvalue weighted by Crippen LogP contribution is 2.37. The van der Waals surface area contributed by atoms with Crippen molar-refractivity contribution in [3.05, 3.63) is 34.9 Å². The molecule has 7 heteroatoms. The number of carbonyl (C=O) groups excluding carboxylic acids is 2. The van der Waals surface area contributed by atoms with Crippen molar-refractivity contribution in [2.24, 2.45) is 5.92 Å². The van der Waals surface area contributed by atoms with E-state index in [1.807, 2.05) is 0 Å². The van der Waals surface area contributed by atoms with Gasteiger partial charge in [0, 0.05) is 18.5 Å².